The lowest BCUT2D eigenvalue weighted by molar-refractivity contribution is -0.119. The monoisotopic (exact) mass is 502 g/mol. The van der Waals surface area contributed by atoms with Gasteiger partial charge in [-0.15, -0.1) is 0 Å². The van der Waals surface area contributed by atoms with Gasteiger partial charge in [-0.3, -0.25) is 9.10 Å². The summed E-state index contributed by atoms with van der Waals surface area (Å²) < 4.78 is 30.4. The molecule has 0 spiro atoms. The van der Waals surface area contributed by atoms with E-state index in [2.05, 4.69) is 10.3 Å². The van der Waals surface area contributed by atoms with Crippen molar-refractivity contribution in [3.63, 3.8) is 0 Å². The summed E-state index contributed by atoms with van der Waals surface area (Å²) in [6.07, 6.45) is 3.64. The van der Waals surface area contributed by atoms with Gasteiger partial charge in [-0.1, -0.05) is 42.0 Å². The van der Waals surface area contributed by atoms with Crippen LogP contribution in [-0.4, -0.2) is 30.4 Å². The molecule has 0 saturated carbocycles. The summed E-state index contributed by atoms with van der Waals surface area (Å²) in [7, 11) is -3.96. The van der Waals surface area contributed by atoms with Crippen LogP contribution >= 0.6 is 0 Å². The van der Waals surface area contributed by atoms with Crippen LogP contribution in [0.25, 0.3) is 5.69 Å². The van der Waals surface area contributed by atoms with E-state index in [9.17, 15) is 13.2 Å². The molecule has 1 aromatic heterocycles. The number of hydrogen-bond donors (Lipinski definition) is 1. The van der Waals surface area contributed by atoms with Crippen molar-refractivity contribution >= 4 is 21.6 Å². The Bertz CT molecular complexity index is 1470. The molecule has 0 aliphatic heterocycles. The predicted molar refractivity (Wildman–Crippen MR) is 142 cm³/mol. The van der Waals surface area contributed by atoms with Crippen molar-refractivity contribution in [2.75, 3.05) is 10.8 Å². The molecule has 0 radical (unpaired) electrons. The average Bonchev–Trinajstić information content (AvgIpc) is 3.29. The van der Waals surface area contributed by atoms with E-state index in [4.69, 9.17) is 0 Å². The highest BCUT2D eigenvalue weighted by molar-refractivity contribution is 7.92. The van der Waals surface area contributed by atoms with Crippen LogP contribution < -0.4 is 9.62 Å². The zero-order valence-corrected chi connectivity index (χ0v) is 21.7. The number of anilines is 1. The van der Waals surface area contributed by atoms with Crippen molar-refractivity contribution in [3.05, 3.63) is 107 Å². The van der Waals surface area contributed by atoms with Gasteiger partial charge < -0.3 is 9.88 Å². The first-order chi connectivity index (χ1) is 17.2. The molecule has 0 bridgehead atoms. The molecule has 4 rings (SSSR count). The van der Waals surface area contributed by atoms with E-state index in [-0.39, 0.29) is 23.9 Å². The maximum Gasteiger partial charge on any atom is 0.264 e. The van der Waals surface area contributed by atoms with Gasteiger partial charge in [0.1, 0.15) is 12.4 Å². The number of carbonyl (C=O) groups is 1. The molecule has 1 N–H and O–H groups in total. The quantitative estimate of drug-likeness (QED) is 0.381. The van der Waals surface area contributed by atoms with E-state index >= 15 is 0 Å². The molecular formula is C28H30N4O3S. The maximum atomic E-state index is 13.6. The molecule has 36 heavy (non-hydrogen) atoms. The largest absolute Gasteiger partial charge is 0.350 e. The molecule has 4 aromatic rings. The molecular weight excluding hydrogens is 472 g/mol. The molecule has 0 aliphatic carbocycles. The summed E-state index contributed by atoms with van der Waals surface area (Å²) in [4.78, 5) is 17.4. The number of nitrogens with zero attached hydrogens (tertiary/aromatic N) is 3. The Morgan fingerprint density at radius 2 is 1.64 bits per heavy atom. The Hall–Kier alpha value is -3.91. The normalized spacial score (nSPS) is 11.3. The van der Waals surface area contributed by atoms with Crippen molar-refractivity contribution < 1.29 is 13.2 Å². The second-order valence-corrected chi connectivity index (χ2v) is 10.7. The molecule has 0 saturated heterocycles. The first-order valence-corrected chi connectivity index (χ1v) is 13.1. The van der Waals surface area contributed by atoms with Gasteiger partial charge in [0.2, 0.25) is 5.91 Å². The van der Waals surface area contributed by atoms with Crippen LogP contribution in [0, 0.1) is 27.7 Å². The lowest BCUT2D eigenvalue weighted by Crippen LogP contribution is -2.41. The summed E-state index contributed by atoms with van der Waals surface area (Å²) in [5.41, 5.74) is 5.09. The number of aryl methyl sites for hydroxylation is 3. The van der Waals surface area contributed by atoms with E-state index in [1.807, 2.05) is 68.8 Å². The Labute approximate surface area is 212 Å². The van der Waals surface area contributed by atoms with Gasteiger partial charge in [-0.2, -0.15) is 0 Å². The van der Waals surface area contributed by atoms with Gasteiger partial charge in [-0.05, 0) is 74.7 Å². The molecule has 8 heteroatoms. The third-order valence-electron chi connectivity index (χ3n) is 6.27. The Balaban J connectivity index is 1.54. The third kappa shape index (κ3) is 5.33. The molecule has 1 heterocycles. The predicted octanol–water partition coefficient (Wildman–Crippen LogP) is 4.62. The van der Waals surface area contributed by atoms with Crippen molar-refractivity contribution in [2.24, 2.45) is 0 Å². The van der Waals surface area contributed by atoms with Crippen LogP contribution in [-0.2, 0) is 21.4 Å². The van der Waals surface area contributed by atoms with Crippen molar-refractivity contribution in [1.29, 1.82) is 0 Å². The van der Waals surface area contributed by atoms with Gasteiger partial charge in [-0.25, -0.2) is 13.4 Å². The number of hydrogen-bond acceptors (Lipinski definition) is 4. The van der Waals surface area contributed by atoms with E-state index < -0.39 is 10.0 Å². The SMILES string of the molecule is Cc1ccc(S(=O)(=O)N(CC(=O)NCc2ccc(-n3ccnc3C)cc2)c2cccc(C)c2C)cc1. The van der Waals surface area contributed by atoms with Crippen LogP contribution in [0.1, 0.15) is 28.1 Å². The zero-order valence-electron chi connectivity index (χ0n) is 20.9. The first kappa shape index (κ1) is 25.2. The highest BCUT2D eigenvalue weighted by atomic mass is 32.2. The first-order valence-electron chi connectivity index (χ1n) is 11.7. The van der Waals surface area contributed by atoms with Gasteiger partial charge >= 0.3 is 0 Å². The van der Waals surface area contributed by atoms with Crippen LogP contribution in [0.2, 0.25) is 0 Å². The fraction of sp³-hybridized carbons (Fsp3) is 0.214. The summed E-state index contributed by atoms with van der Waals surface area (Å²) >= 11 is 0. The second-order valence-electron chi connectivity index (χ2n) is 8.83. The molecule has 0 unspecified atom stereocenters. The van der Waals surface area contributed by atoms with E-state index in [1.165, 1.54) is 4.31 Å². The van der Waals surface area contributed by atoms with Crippen LogP contribution in [0.4, 0.5) is 5.69 Å². The van der Waals surface area contributed by atoms with Gasteiger partial charge in [0.05, 0.1) is 10.6 Å². The summed E-state index contributed by atoms with van der Waals surface area (Å²) in [5.74, 6) is 0.499. The molecule has 0 aliphatic rings. The number of sulfonamides is 1. The third-order valence-corrected chi connectivity index (χ3v) is 8.04. The Morgan fingerprint density at radius 3 is 2.28 bits per heavy atom. The smallest absolute Gasteiger partial charge is 0.264 e. The maximum absolute atomic E-state index is 13.6. The van der Waals surface area contributed by atoms with Crippen molar-refractivity contribution in [2.45, 2.75) is 39.1 Å². The van der Waals surface area contributed by atoms with E-state index in [0.717, 1.165) is 33.8 Å². The number of aromatic nitrogens is 2. The lowest BCUT2D eigenvalue weighted by Gasteiger charge is -2.26. The van der Waals surface area contributed by atoms with Crippen molar-refractivity contribution in [3.8, 4) is 5.69 Å². The Morgan fingerprint density at radius 1 is 0.944 bits per heavy atom. The summed E-state index contributed by atoms with van der Waals surface area (Å²) in [6.45, 7) is 7.57. The minimum Gasteiger partial charge on any atom is -0.350 e. The molecule has 0 fully saturated rings. The number of nitrogens with one attached hydrogen (secondary N) is 1. The second kappa shape index (κ2) is 10.4. The number of rotatable bonds is 8. The molecule has 1 amide bonds. The summed E-state index contributed by atoms with van der Waals surface area (Å²) in [6, 6.07) is 19.9. The minimum absolute atomic E-state index is 0.146. The van der Waals surface area contributed by atoms with Gasteiger partial charge in [0.25, 0.3) is 10.0 Å². The fourth-order valence-corrected chi connectivity index (χ4v) is 5.43. The van der Waals surface area contributed by atoms with Crippen LogP contribution in [0.15, 0.2) is 84.0 Å². The zero-order chi connectivity index (χ0) is 25.9. The molecule has 0 atom stereocenters. The van der Waals surface area contributed by atoms with Gasteiger partial charge in [0.15, 0.2) is 0 Å². The topological polar surface area (TPSA) is 84.3 Å². The number of benzene rings is 3. The fourth-order valence-electron chi connectivity index (χ4n) is 3.96. The Kier molecular flexibility index (Phi) is 7.26. The lowest BCUT2D eigenvalue weighted by atomic mass is 10.1. The molecule has 7 nitrogen and oxygen atoms in total. The standard InChI is InChI=1S/C28H30N4O3S/c1-20-8-14-26(15-9-20)36(34,35)32(27-7-5-6-21(2)22(27)3)19-28(33)30-18-24-10-12-25(13-11-24)31-17-16-29-23(31)4/h5-17H,18-19H2,1-4H3,(H,30,33). The minimum atomic E-state index is -3.96. The van der Waals surface area contributed by atoms with Gasteiger partial charge in [0, 0.05) is 24.6 Å². The number of carbonyl (C=O) groups excluding carboxylic acids is 1. The number of amides is 1. The van der Waals surface area contributed by atoms with E-state index in [1.54, 1.807) is 42.6 Å². The number of imidazole rings is 1. The highest BCUT2D eigenvalue weighted by Gasteiger charge is 2.28. The van der Waals surface area contributed by atoms with Crippen LogP contribution in [0.3, 0.4) is 0 Å². The van der Waals surface area contributed by atoms with Crippen LogP contribution in [0.5, 0.6) is 0 Å². The van der Waals surface area contributed by atoms with E-state index in [0.29, 0.717) is 5.69 Å². The highest BCUT2D eigenvalue weighted by Crippen LogP contribution is 2.28. The summed E-state index contributed by atoms with van der Waals surface area (Å²) in [5, 5.41) is 2.87. The molecule has 3 aromatic carbocycles. The van der Waals surface area contributed by atoms with Crippen molar-refractivity contribution in [1.82, 2.24) is 14.9 Å². The molecule has 186 valence electrons. The average molecular weight is 503 g/mol.